The number of aliphatic carboxylic acids is 1. The van der Waals surface area contributed by atoms with Gasteiger partial charge in [0, 0.05) is 48.4 Å². The van der Waals surface area contributed by atoms with Crippen molar-refractivity contribution >= 4 is 28.6 Å². The molecule has 0 amide bonds. The molecule has 2 N–H and O–H groups in total. The summed E-state index contributed by atoms with van der Waals surface area (Å²) < 4.78 is 51.3. The summed E-state index contributed by atoms with van der Waals surface area (Å²) in [7, 11) is 1.59. The van der Waals surface area contributed by atoms with Gasteiger partial charge < -0.3 is 24.6 Å². The Hall–Kier alpha value is -2.90. The van der Waals surface area contributed by atoms with Crippen LogP contribution in [0, 0.1) is 22.9 Å². The van der Waals surface area contributed by atoms with Crippen molar-refractivity contribution in [3.05, 3.63) is 65.1 Å². The van der Waals surface area contributed by atoms with Crippen LogP contribution in [0.25, 0.3) is 10.9 Å². The molecular weight excluding hydrogens is 595 g/mol. The van der Waals surface area contributed by atoms with E-state index in [4.69, 9.17) is 9.47 Å². The maximum atomic E-state index is 13.5. The summed E-state index contributed by atoms with van der Waals surface area (Å²) in [6.45, 7) is 5.14. The number of thioether (sulfide) groups is 1. The number of aromatic nitrogens is 1. The third-order valence-corrected chi connectivity index (χ3v) is 9.78. The summed E-state index contributed by atoms with van der Waals surface area (Å²) in [6, 6.07) is 7.53. The van der Waals surface area contributed by atoms with Gasteiger partial charge >= 0.3 is 5.97 Å². The molecule has 2 aromatic carbocycles. The Balaban J connectivity index is 1.25. The maximum absolute atomic E-state index is 13.5. The molecule has 1 aromatic heterocycles. The van der Waals surface area contributed by atoms with E-state index in [9.17, 15) is 28.2 Å². The molecule has 238 valence electrons. The number of hydrogen-bond donors (Lipinski definition) is 2. The van der Waals surface area contributed by atoms with Gasteiger partial charge in [-0.1, -0.05) is 0 Å². The van der Waals surface area contributed by atoms with Crippen LogP contribution < -0.4 is 4.74 Å². The number of piperidine rings is 1. The number of aliphatic hydroxyl groups is 1. The number of methoxy groups -OCH3 is 1. The van der Waals surface area contributed by atoms with Crippen LogP contribution in [0.15, 0.2) is 41.4 Å². The minimum absolute atomic E-state index is 0.274. The number of carboxylic acids is 1. The van der Waals surface area contributed by atoms with Crippen molar-refractivity contribution in [1.29, 1.82) is 0 Å². The van der Waals surface area contributed by atoms with Gasteiger partial charge in [0.15, 0.2) is 17.5 Å². The van der Waals surface area contributed by atoms with E-state index in [2.05, 4.69) is 14.8 Å². The SMILES string of the molecule is COc1ccc2ncc(CN3CCOCC3)c([C@H](O)CCC3(C(=O)O)CCN(CCSc4cc(F)c(F)c(F)c4)CC3)c2c1. The van der Waals surface area contributed by atoms with Gasteiger partial charge in [0.25, 0.3) is 0 Å². The molecule has 8 nitrogen and oxygen atoms in total. The highest BCUT2D eigenvalue weighted by molar-refractivity contribution is 7.99. The molecule has 12 heteroatoms. The number of morpholine rings is 1. The fraction of sp³-hybridized carbons (Fsp3) is 0.500. The Kier molecular flexibility index (Phi) is 10.7. The second-order valence-electron chi connectivity index (χ2n) is 11.5. The third-order valence-electron chi connectivity index (χ3n) is 8.83. The van der Waals surface area contributed by atoms with Crippen molar-refractivity contribution in [2.24, 2.45) is 5.41 Å². The third kappa shape index (κ3) is 7.48. The van der Waals surface area contributed by atoms with Crippen molar-refractivity contribution in [1.82, 2.24) is 14.8 Å². The molecule has 2 aliphatic heterocycles. The number of fused-ring (bicyclic) bond motifs is 1. The molecular formula is C32H38F3N3O5S. The Morgan fingerprint density at radius 2 is 1.80 bits per heavy atom. The van der Waals surface area contributed by atoms with Gasteiger partial charge in [-0.25, -0.2) is 13.2 Å². The van der Waals surface area contributed by atoms with Crippen LogP contribution in [0.4, 0.5) is 13.2 Å². The summed E-state index contributed by atoms with van der Waals surface area (Å²) in [6.07, 6.45) is 2.34. The van der Waals surface area contributed by atoms with Crippen molar-refractivity contribution in [2.45, 2.75) is 43.2 Å². The number of likely N-dealkylation sites (tertiary alicyclic amines) is 1. The first kappa shape index (κ1) is 32.5. The fourth-order valence-corrected chi connectivity index (χ4v) is 7.08. The van der Waals surface area contributed by atoms with Gasteiger partial charge in [0.2, 0.25) is 0 Å². The van der Waals surface area contributed by atoms with Crippen LogP contribution in [0.3, 0.4) is 0 Å². The lowest BCUT2D eigenvalue weighted by atomic mass is 9.74. The van der Waals surface area contributed by atoms with E-state index in [0.717, 1.165) is 47.3 Å². The first-order valence-corrected chi connectivity index (χ1v) is 15.8. The lowest BCUT2D eigenvalue weighted by Gasteiger charge is -2.39. The van der Waals surface area contributed by atoms with Gasteiger partial charge in [0.1, 0.15) is 5.75 Å². The first-order chi connectivity index (χ1) is 21.2. The van der Waals surface area contributed by atoms with Crippen LogP contribution >= 0.6 is 11.8 Å². The molecule has 2 saturated heterocycles. The zero-order valence-electron chi connectivity index (χ0n) is 24.7. The fourth-order valence-electron chi connectivity index (χ4n) is 6.12. The van der Waals surface area contributed by atoms with Crippen LogP contribution in [0.2, 0.25) is 0 Å². The Bertz CT molecular complexity index is 1440. The number of nitrogens with zero attached hydrogens (tertiary/aromatic N) is 3. The number of pyridine rings is 1. The van der Waals surface area contributed by atoms with Crippen LogP contribution in [-0.2, 0) is 16.1 Å². The van der Waals surface area contributed by atoms with Gasteiger partial charge in [-0.2, -0.15) is 0 Å². The second-order valence-corrected chi connectivity index (χ2v) is 12.7. The van der Waals surface area contributed by atoms with Crippen molar-refractivity contribution < 1.29 is 37.7 Å². The lowest BCUT2D eigenvalue weighted by molar-refractivity contribution is -0.153. The Labute approximate surface area is 259 Å². The van der Waals surface area contributed by atoms with Crippen LogP contribution in [0.5, 0.6) is 5.75 Å². The first-order valence-electron chi connectivity index (χ1n) is 14.9. The van der Waals surface area contributed by atoms with Crippen LogP contribution in [0.1, 0.15) is 42.9 Å². The molecule has 0 spiro atoms. The maximum Gasteiger partial charge on any atom is 0.309 e. The van der Waals surface area contributed by atoms with Crippen LogP contribution in [-0.4, -0.2) is 89.8 Å². The highest BCUT2D eigenvalue weighted by Crippen LogP contribution is 2.41. The van der Waals surface area contributed by atoms with E-state index in [1.54, 1.807) is 13.3 Å². The number of aliphatic hydroxyl groups excluding tert-OH is 1. The minimum Gasteiger partial charge on any atom is -0.497 e. The van der Waals surface area contributed by atoms with Gasteiger partial charge in [-0.05, 0) is 80.2 Å². The Morgan fingerprint density at radius 1 is 1.09 bits per heavy atom. The molecule has 44 heavy (non-hydrogen) atoms. The average Bonchev–Trinajstić information content (AvgIpc) is 3.03. The predicted octanol–water partition coefficient (Wildman–Crippen LogP) is 5.27. The molecule has 0 radical (unpaired) electrons. The molecule has 0 bridgehead atoms. The minimum atomic E-state index is -1.48. The van der Waals surface area contributed by atoms with Crippen molar-refractivity contribution in [3.8, 4) is 5.75 Å². The summed E-state index contributed by atoms with van der Waals surface area (Å²) in [5, 5.41) is 22.8. The zero-order chi connectivity index (χ0) is 31.3. The molecule has 1 atom stereocenters. The smallest absolute Gasteiger partial charge is 0.309 e. The van der Waals surface area contributed by atoms with E-state index < -0.39 is 34.9 Å². The molecule has 3 heterocycles. The van der Waals surface area contributed by atoms with Crippen molar-refractivity contribution in [3.63, 3.8) is 0 Å². The number of rotatable bonds is 12. The van der Waals surface area contributed by atoms with E-state index in [1.807, 2.05) is 18.2 Å². The summed E-state index contributed by atoms with van der Waals surface area (Å²) in [4.78, 5) is 21.9. The number of halogens is 3. The van der Waals surface area contributed by atoms with Gasteiger partial charge in [-0.15, -0.1) is 11.8 Å². The van der Waals surface area contributed by atoms with E-state index in [0.29, 0.717) is 75.1 Å². The molecule has 3 aromatic rings. The van der Waals surface area contributed by atoms with Gasteiger partial charge in [0.05, 0.1) is 37.4 Å². The average molecular weight is 634 g/mol. The standard InChI is InChI=1S/C32H38F3N3O5S/c1-42-22-2-3-27-24(16-22)29(21(19-36-27)20-38-10-13-43-14-11-38)28(39)4-5-32(31(40)41)6-8-37(9-7-32)12-15-44-23-17-25(33)30(35)26(34)18-23/h2-3,16-19,28,39H,4-15,20H2,1H3,(H,40,41)/t28-/m1/s1. The molecule has 0 aliphatic carbocycles. The summed E-state index contributed by atoms with van der Waals surface area (Å²) in [5.41, 5.74) is 1.41. The highest BCUT2D eigenvalue weighted by atomic mass is 32.2. The van der Waals surface area contributed by atoms with E-state index in [1.165, 1.54) is 11.8 Å². The number of carbonyl (C=O) groups is 1. The number of hydrogen-bond acceptors (Lipinski definition) is 8. The zero-order valence-corrected chi connectivity index (χ0v) is 25.6. The summed E-state index contributed by atoms with van der Waals surface area (Å²) in [5.74, 6) is -3.61. The van der Waals surface area contributed by atoms with E-state index in [-0.39, 0.29) is 6.42 Å². The topological polar surface area (TPSA) is 95.4 Å². The highest BCUT2D eigenvalue weighted by Gasteiger charge is 2.41. The van der Waals surface area contributed by atoms with E-state index >= 15 is 0 Å². The Morgan fingerprint density at radius 3 is 2.45 bits per heavy atom. The molecule has 5 rings (SSSR count). The number of benzene rings is 2. The summed E-state index contributed by atoms with van der Waals surface area (Å²) >= 11 is 1.22. The largest absolute Gasteiger partial charge is 0.497 e. The molecule has 0 saturated carbocycles. The quantitative estimate of drug-likeness (QED) is 0.205. The second kappa shape index (κ2) is 14.5. The van der Waals surface area contributed by atoms with Gasteiger partial charge in [-0.3, -0.25) is 14.7 Å². The number of carboxylic acid groups (broad SMARTS) is 1. The monoisotopic (exact) mass is 633 g/mol. The lowest BCUT2D eigenvalue weighted by Crippen LogP contribution is -2.45. The normalized spacial score (nSPS) is 18.4. The van der Waals surface area contributed by atoms with Crippen molar-refractivity contribution in [2.75, 3.05) is 58.8 Å². The molecule has 0 unspecified atom stereocenters. The molecule has 2 fully saturated rings. The predicted molar refractivity (Wildman–Crippen MR) is 161 cm³/mol. The number of ether oxygens (including phenoxy) is 2. The molecule has 2 aliphatic rings.